The first-order valence-corrected chi connectivity index (χ1v) is 9.41. The molecular weight excluding hydrogens is 412 g/mol. The van der Waals surface area contributed by atoms with Crippen LogP contribution in [0.4, 0.5) is 5.95 Å². The number of nitro groups is 1. The Morgan fingerprint density at radius 1 is 1.29 bits per heavy atom. The van der Waals surface area contributed by atoms with E-state index in [0.717, 1.165) is 4.57 Å². The van der Waals surface area contributed by atoms with Gasteiger partial charge in [0.15, 0.2) is 6.54 Å². The first-order valence-electron chi connectivity index (χ1n) is 9.41. The summed E-state index contributed by atoms with van der Waals surface area (Å²) < 4.78 is 1.09. The van der Waals surface area contributed by atoms with Crippen molar-refractivity contribution >= 4 is 23.3 Å². The summed E-state index contributed by atoms with van der Waals surface area (Å²) >= 11 is 0. The Balaban J connectivity index is 2.48. The number of hydrogen-bond donors (Lipinski definition) is 5. The molecule has 1 rings (SSSR count). The van der Waals surface area contributed by atoms with E-state index in [9.17, 15) is 20.1 Å². The average Bonchev–Trinajstić information content (AvgIpc) is 3.15. The van der Waals surface area contributed by atoms with Gasteiger partial charge >= 0.3 is 5.95 Å². The predicted octanol–water partition coefficient (Wildman–Crippen LogP) is 0.256. The van der Waals surface area contributed by atoms with Crippen molar-refractivity contribution in [2.24, 2.45) is 10.3 Å². The van der Waals surface area contributed by atoms with Crippen LogP contribution in [0.25, 0.3) is 0 Å². The molecule has 0 saturated carbocycles. The third-order valence-corrected chi connectivity index (χ3v) is 4.62. The summed E-state index contributed by atoms with van der Waals surface area (Å²) in [5, 5.41) is 41.2. The number of carbonyl (C=O) groups is 1. The Morgan fingerprint density at radius 3 is 2.55 bits per heavy atom. The number of imidazole rings is 1. The van der Waals surface area contributed by atoms with E-state index in [2.05, 4.69) is 31.4 Å². The second-order valence-corrected chi connectivity index (χ2v) is 7.75. The molecule has 31 heavy (non-hydrogen) atoms. The lowest BCUT2D eigenvalue weighted by atomic mass is 9.99. The second kappa shape index (κ2) is 11.3. The van der Waals surface area contributed by atoms with Gasteiger partial charge < -0.3 is 31.2 Å². The third kappa shape index (κ3) is 7.92. The highest BCUT2D eigenvalue weighted by Gasteiger charge is 2.27. The van der Waals surface area contributed by atoms with Gasteiger partial charge in [-0.15, -0.1) is 0 Å². The first kappa shape index (κ1) is 25.9. The topological polar surface area (TPSA) is 189 Å². The molecule has 14 heteroatoms. The maximum atomic E-state index is 12.1. The normalized spacial score (nSPS) is 13.3. The summed E-state index contributed by atoms with van der Waals surface area (Å²) in [5.74, 6) is -0.967. The van der Waals surface area contributed by atoms with Crippen LogP contribution in [-0.2, 0) is 16.2 Å². The molecule has 0 aliphatic rings. The van der Waals surface area contributed by atoms with E-state index in [1.165, 1.54) is 12.4 Å². The van der Waals surface area contributed by atoms with Crippen LogP contribution in [0.1, 0.15) is 34.6 Å². The lowest BCUT2D eigenvalue weighted by Crippen LogP contribution is -2.52. The molecular formula is C17H30N8O6. The van der Waals surface area contributed by atoms with Crippen LogP contribution in [0.2, 0.25) is 0 Å². The molecule has 0 bridgehead atoms. The molecule has 1 aromatic heterocycles. The van der Waals surface area contributed by atoms with E-state index in [-0.39, 0.29) is 25.4 Å². The summed E-state index contributed by atoms with van der Waals surface area (Å²) in [7, 11) is 0. The summed E-state index contributed by atoms with van der Waals surface area (Å²) in [6.45, 7) is 9.06. The quantitative estimate of drug-likeness (QED) is 0.0937. The second-order valence-electron chi connectivity index (χ2n) is 7.75. The Kier molecular flexibility index (Phi) is 9.48. The standard InChI is InChI=1S/C17H30N8O6/c1-12(21-27)16(2,3)20-7-9-31-23-17(4,5)13(22-28)10-19-14(26)11-24-8-6-18-15(24)25(29)30/h6,8,20,23,27-28H,7,9-11H2,1-5H3,(H,19,26). The number of carbonyl (C=O) groups excluding carboxylic acids is 1. The van der Waals surface area contributed by atoms with Gasteiger partial charge in [-0.1, -0.05) is 15.3 Å². The zero-order valence-corrected chi connectivity index (χ0v) is 18.2. The Morgan fingerprint density at radius 2 is 1.97 bits per heavy atom. The maximum absolute atomic E-state index is 12.1. The van der Waals surface area contributed by atoms with E-state index >= 15 is 0 Å². The summed E-state index contributed by atoms with van der Waals surface area (Å²) in [4.78, 5) is 31.2. The van der Waals surface area contributed by atoms with Crippen molar-refractivity contribution in [3.63, 3.8) is 0 Å². The molecule has 0 spiro atoms. The zero-order chi connectivity index (χ0) is 23.7. The van der Waals surface area contributed by atoms with Gasteiger partial charge in [-0.05, 0) is 39.5 Å². The molecule has 0 radical (unpaired) electrons. The molecule has 0 atom stereocenters. The minimum Gasteiger partial charge on any atom is -0.411 e. The molecule has 0 aliphatic heterocycles. The monoisotopic (exact) mass is 442 g/mol. The van der Waals surface area contributed by atoms with Gasteiger partial charge in [-0.25, -0.2) is 4.57 Å². The highest BCUT2D eigenvalue weighted by atomic mass is 16.6. The van der Waals surface area contributed by atoms with Gasteiger partial charge in [-0.2, -0.15) is 5.48 Å². The smallest absolute Gasteiger partial charge is 0.411 e. The average molecular weight is 442 g/mol. The number of nitrogens with one attached hydrogen (secondary N) is 3. The number of hydrogen-bond acceptors (Lipinski definition) is 11. The Hall–Kier alpha value is -3.10. The van der Waals surface area contributed by atoms with Gasteiger partial charge in [0.25, 0.3) is 5.91 Å². The highest BCUT2D eigenvalue weighted by molar-refractivity contribution is 5.96. The van der Waals surface area contributed by atoms with Crippen LogP contribution in [0.5, 0.6) is 0 Å². The molecule has 5 N–H and O–H groups in total. The first-order chi connectivity index (χ1) is 14.4. The minimum atomic E-state index is -0.930. The molecule has 0 saturated heterocycles. The number of aromatic nitrogens is 2. The SMILES string of the molecule is CC(=NO)C(C)(C)NCCONC(C)(C)C(CNC(=O)Cn1ccnc1[N+](=O)[O-])=NO. The molecule has 0 aliphatic carbocycles. The molecule has 14 nitrogen and oxygen atoms in total. The van der Waals surface area contributed by atoms with Gasteiger partial charge in [0.1, 0.15) is 12.4 Å². The predicted molar refractivity (Wildman–Crippen MR) is 111 cm³/mol. The highest BCUT2D eigenvalue weighted by Crippen LogP contribution is 2.08. The van der Waals surface area contributed by atoms with Crippen molar-refractivity contribution in [3.05, 3.63) is 22.5 Å². The van der Waals surface area contributed by atoms with E-state index in [1.807, 2.05) is 13.8 Å². The maximum Gasteiger partial charge on any atom is 0.435 e. The number of hydroxylamine groups is 1. The molecule has 174 valence electrons. The third-order valence-electron chi connectivity index (χ3n) is 4.62. The Bertz CT molecular complexity index is 817. The fourth-order valence-electron chi connectivity index (χ4n) is 2.33. The summed E-state index contributed by atoms with van der Waals surface area (Å²) in [6.07, 6.45) is 2.55. The van der Waals surface area contributed by atoms with Crippen LogP contribution in [0, 0.1) is 10.1 Å². The molecule has 1 amide bonds. The minimum absolute atomic E-state index is 0.112. The van der Waals surface area contributed by atoms with Crippen LogP contribution in [0.3, 0.4) is 0 Å². The van der Waals surface area contributed by atoms with Gasteiger partial charge in [0, 0.05) is 6.54 Å². The number of nitrogens with zero attached hydrogens (tertiary/aromatic N) is 5. The van der Waals surface area contributed by atoms with Crippen molar-refractivity contribution in [2.45, 2.75) is 52.2 Å². The van der Waals surface area contributed by atoms with Crippen molar-refractivity contribution in [1.29, 1.82) is 0 Å². The molecule has 0 aromatic carbocycles. The van der Waals surface area contributed by atoms with Crippen molar-refractivity contribution in [3.8, 4) is 0 Å². The van der Waals surface area contributed by atoms with Crippen LogP contribution in [0.15, 0.2) is 22.7 Å². The van der Waals surface area contributed by atoms with Crippen molar-refractivity contribution in [1.82, 2.24) is 25.7 Å². The Labute approximate surface area is 179 Å². The summed E-state index contributed by atoms with van der Waals surface area (Å²) in [6, 6.07) is 0. The van der Waals surface area contributed by atoms with E-state index in [4.69, 9.17) is 10.0 Å². The lowest BCUT2D eigenvalue weighted by molar-refractivity contribution is -0.396. The van der Waals surface area contributed by atoms with Crippen LogP contribution >= 0.6 is 0 Å². The fourth-order valence-corrected chi connectivity index (χ4v) is 2.33. The van der Waals surface area contributed by atoms with Crippen molar-refractivity contribution in [2.75, 3.05) is 19.7 Å². The van der Waals surface area contributed by atoms with Crippen LogP contribution < -0.4 is 16.1 Å². The van der Waals surface area contributed by atoms with E-state index < -0.39 is 27.9 Å². The summed E-state index contributed by atoms with van der Waals surface area (Å²) in [5.41, 5.74) is 2.02. The largest absolute Gasteiger partial charge is 0.435 e. The fraction of sp³-hybridized carbons (Fsp3) is 0.647. The van der Waals surface area contributed by atoms with Gasteiger partial charge in [0.2, 0.25) is 0 Å². The zero-order valence-electron chi connectivity index (χ0n) is 18.2. The number of rotatable bonds is 13. The van der Waals surface area contributed by atoms with E-state index in [0.29, 0.717) is 12.3 Å². The number of oxime groups is 2. The van der Waals surface area contributed by atoms with Gasteiger partial charge in [0.05, 0.1) is 35.7 Å². The van der Waals surface area contributed by atoms with E-state index in [1.54, 1.807) is 20.8 Å². The molecule has 0 fully saturated rings. The number of amides is 1. The van der Waals surface area contributed by atoms with Gasteiger partial charge in [-0.3, -0.25) is 9.63 Å². The molecule has 1 heterocycles. The van der Waals surface area contributed by atoms with Crippen LogP contribution in [-0.4, -0.2) is 73.0 Å². The van der Waals surface area contributed by atoms with Crippen molar-refractivity contribution < 1.29 is 25.0 Å². The molecule has 1 aromatic rings. The molecule has 0 unspecified atom stereocenters. The lowest BCUT2D eigenvalue weighted by Gasteiger charge is -2.28.